The number of halogens is 1. The van der Waals surface area contributed by atoms with Crippen molar-refractivity contribution in [3.63, 3.8) is 0 Å². The van der Waals surface area contributed by atoms with E-state index in [-0.39, 0.29) is 0 Å². The van der Waals surface area contributed by atoms with Gasteiger partial charge in [-0.2, -0.15) is 0 Å². The molecule has 24 heavy (non-hydrogen) atoms. The van der Waals surface area contributed by atoms with Gasteiger partial charge in [-0.25, -0.2) is 0 Å². The van der Waals surface area contributed by atoms with Crippen LogP contribution in [-0.2, 0) is 4.74 Å². The maximum absolute atomic E-state index is 10.1. The zero-order valence-electron chi connectivity index (χ0n) is 13.2. The van der Waals surface area contributed by atoms with Crippen LogP contribution < -0.4 is 4.74 Å². The Kier molecular flexibility index (Phi) is 5.64. The second-order valence-electron chi connectivity index (χ2n) is 6.48. The van der Waals surface area contributed by atoms with Gasteiger partial charge in [-0.15, -0.1) is 0 Å². The first-order valence-corrected chi connectivity index (χ1v) is 8.65. The SMILES string of the molecule is OC[C@@H]1O[C@@H](Oc2ccc(Cl)cc2C2CCCC2)[C@@H](O)[C@@H](O)[C@H]1O. The molecule has 0 radical (unpaired) electrons. The number of rotatable bonds is 4. The third-order valence-corrected chi connectivity index (χ3v) is 5.09. The van der Waals surface area contributed by atoms with Gasteiger partial charge in [0.2, 0.25) is 6.29 Å². The average molecular weight is 359 g/mol. The Hall–Kier alpha value is -0.890. The van der Waals surface area contributed by atoms with Crippen molar-refractivity contribution in [3.05, 3.63) is 28.8 Å². The highest BCUT2D eigenvalue weighted by Crippen LogP contribution is 2.40. The summed E-state index contributed by atoms with van der Waals surface area (Å²) in [7, 11) is 0. The van der Waals surface area contributed by atoms with E-state index in [4.69, 9.17) is 21.1 Å². The highest BCUT2D eigenvalue weighted by Gasteiger charge is 2.45. The molecule has 1 saturated carbocycles. The minimum atomic E-state index is -1.46. The van der Waals surface area contributed by atoms with Crippen molar-refractivity contribution in [2.45, 2.75) is 62.3 Å². The predicted octanol–water partition coefficient (Wildman–Crippen LogP) is 1.18. The van der Waals surface area contributed by atoms with Crippen LogP contribution in [0.4, 0.5) is 0 Å². The lowest BCUT2D eigenvalue weighted by molar-refractivity contribution is -0.277. The highest BCUT2D eigenvalue weighted by molar-refractivity contribution is 6.30. The maximum Gasteiger partial charge on any atom is 0.229 e. The van der Waals surface area contributed by atoms with Gasteiger partial charge in [0.1, 0.15) is 30.2 Å². The standard InChI is InChI=1S/C17H23ClO6/c18-10-5-6-12(11(7-10)9-3-1-2-4-9)23-17-16(22)15(21)14(20)13(8-19)24-17/h5-7,9,13-17,19-22H,1-4,8H2/t13-,14-,15-,16-,17+/m0/s1. The normalized spacial score (nSPS) is 34.5. The van der Waals surface area contributed by atoms with Crippen LogP contribution in [0.25, 0.3) is 0 Å². The first kappa shape index (κ1) is 17.9. The number of aliphatic hydroxyl groups excluding tert-OH is 4. The van der Waals surface area contributed by atoms with Crippen molar-refractivity contribution in [1.82, 2.24) is 0 Å². The molecule has 0 spiro atoms. The van der Waals surface area contributed by atoms with Gasteiger partial charge in [-0.05, 0) is 42.5 Å². The minimum Gasteiger partial charge on any atom is -0.462 e. The molecular formula is C17H23ClO6. The lowest BCUT2D eigenvalue weighted by Crippen LogP contribution is -2.60. The van der Waals surface area contributed by atoms with Crippen LogP contribution in [0.1, 0.15) is 37.2 Å². The van der Waals surface area contributed by atoms with E-state index in [1.54, 1.807) is 12.1 Å². The molecular weight excluding hydrogens is 336 g/mol. The molecule has 0 bridgehead atoms. The molecule has 4 N–H and O–H groups in total. The number of hydrogen-bond donors (Lipinski definition) is 4. The molecule has 1 aliphatic carbocycles. The van der Waals surface area contributed by atoms with Gasteiger partial charge in [-0.1, -0.05) is 24.4 Å². The van der Waals surface area contributed by atoms with Gasteiger partial charge < -0.3 is 29.9 Å². The predicted molar refractivity (Wildman–Crippen MR) is 87.1 cm³/mol. The summed E-state index contributed by atoms with van der Waals surface area (Å²) in [5.41, 5.74) is 0.956. The van der Waals surface area contributed by atoms with Crippen molar-refractivity contribution in [2.24, 2.45) is 0 Å². The molecule has 1 aromatic carbocycles. The molecule has 1 saturated heterocycles. The van der Waals surface area contributed by atoms with Gasteiger partial charge in [0.25, 0.3) is 0 Å². The molecule has 3 rings (SSSR count). The third kappa shape index (κ3) is 3.54. The topological polar surface area (TPSA) is 99.4 Å². The molecule has 1 aromatic rings. The van der Waals surface area contributed by atoms with Crippen molar-refractivity contribution in [2.75, 3.05) is 6.61 Å². The molecule has 1 aliphatic heterocycles. The molecule has 2 fully saturated rings. The molecule has 0 unspecified atom stereocenters. The quantitative estimate of drug-likeness (QED) is 0.645. The van der Waals surface area contributed by atoms with Crippen LogP contribution in [0.15, 0.2) is 18.2 Å². The maximum atomic E-state index is 10.1. The Labute approximate surface area is 145 Å². The summed E-state index contributed by atoms with van der Waals surface area (Å²) >= 11 is 6.11. The minimum absolute atomic E-state index is 0.337. The summed E-state index contributed by atoms with van der Waals surface area (Å²) in [6.45, 7) is -0.485. The summed E-state index contributed by atoms with van der Waals surface area (Å²) in [5, 5.41) is 39.7. The summed E-state index contributed by atoms with van der Waals surface area (Å²) in [6.07, 6.45) is -2.05. The van der Waals surface area contributed by atoms with Gasteiger partial charge in [0.15, 0.2) is 0 Å². The van der Waals surface area contributed by atoms with Gasteiger partial charge in [0, 0.05) is 5.02 Å². The van der Waals surface area contributed by atoms with Crippen molar-refractivity contribution in [1.29, 1.82) is 0 Å². The fourth-order valence-electron chi connectivity index (χ4n) is 3.47. The average Bonchev–Trinajstić information content (AvgIpc) is 3.11. The fraction of sp³-hybridized carbons (Fsp3) is 0.647. The lowest BCUT2D eigenvalue weighted by atomic mass is 9.96. The van der Waals surface area contributed by atoms with E-state index in [0.29, 0.717) is 16.7 Å². The molecule has 2 aliphatic rings. The van der Waals surface area contributed by atoms with Crippen molar-refractivity contribution in [3.8, 4) is 5.75 Å². The fourth-order valence-corrected chi connectivity index (χ4v) is 3.65. The van der Waals surface area contributed by atoms with Crippen LogP contribution in [0.2, 0.25) is 5.02 Å². The molecule has 5 atom stereocenters. The van der Waals surface area contributed by atoms with Crippen molar-refractivity contribution >= 4 is 11.6 Å². The molecule has 0 amide bonds. The smallest absolute Gasteiger partial charge is 0.229 e. The zero-order chi connectivity index (χ0) is 17.3. The Balaban J connectivity index is 1.82. The zero-order valence-corrected chi connectivity index (χ0v) is 14.0. The van der Waals surface area contributed by atoms with Gasteiger partial charge in [-0.3, -0.25) is 0 Å². The largest absolute Gasteiger partial charge is 0.462 e. The summed E-state index contributed by atoms with van der Waals surface area (Å²) in [5.74, 6) is 0.874. The van der Waals surface area contributed by atoms with Crippen LogP contribution in [0, 0.1) is 0 Å². The second kappa shape index (κ2) is 7.56. The van der Waals surface area contributed by atoms with E-state index in [1.807, 2.05) is 6.07 Å². The number of ether oxygens (including phenoxy) is 2. The highest BCUT2D eigenvalue weighted by atomic mass is 35.5. The second-order valence-corrected chi connectivity index (χ2v) is 6.92. The Morgan fingerprint density at radius 2 is 1.79 bits per heavy atom. The monoisotopic (exact) mass is 358 g/mol. The Morgan fingerprint density at radius 3 is 2.46 bits per heavy atom. The Morgan fingerprint density at radius 1 is 1.08 bits per heavy atom. The molecule has 7 heteroatoms. The van der Waals surface area contributed by atoms with E-state index in [9.17, 15) is 20.4 Å². The van der Waals surface area contributed by atoms with Crippen LogP contribution in [0.3, 0.4) is 0 Å². The first-order valence-electron chi connectivity index (χ1n) is 8.28. The number of benzene rings is 1. The van der Waals surface area contributed by atoms with E-state index >= 15 is 0 Å². The van der Waals surface area contributed by atoms with E-state index < -0.39 is 37.3 Å². The Bertz CT molecular complexity index is 560. The van der Waals surface area contributed by atoms with E-state index in [2.05, 4.69) is 0 Å². The van der Waals surface area contributed by atoms with Gasteiger partial charge >= 0.3 is 0 Å². The molecule has 6 nitrogen and oxygen atoms in total. The molecule has 134 valence electrons. The summed E-state index contributed by atoms with van der Waals surface area (Å²) < 4.78 is 11.2. The van der Waals surface area contributed by atoms with Crippen LogP contribution in [0.5, 0.6) is 5.75 Å². The number of aliphatic hydroxyl groups is 4. The summed E-state index contributed by atoms with van der Waals surface area (Å²) in [4.78, 5) is 0. The molecule has 1 heterocycles. The van der Waals surface area contributed by atoms with E-state index in [1.165, 1.54) is 0 Å². The number of hydrogen-bond acceptors (Lipinski definition) is 6. The summed E-state index contributed by atoms with van der Waals surface area (Å²) in [6, 6.07) is 5.27. The molecule has 0 aromatic heterocycles. The first-order chi connectivity index (χ1) is 11.5. The van der Waals surface area contributed by atoms with Crippen LogP contribution in [-0.4, -0.2) is 57.7 Å². The van der Waals surface area contributed by atoms with E-state index in [0.717, 1.165) is 31.2 Å². The van der Waals surface area contributed by atoms with Gasteiger partial charge in [0.05, 0.1) is 6.61 Å². The third-order valence-electron chi connectivity index (χ3n) is 4.86. The lowest BCUT2D eigenvalue weighted by Gasteiger charge is -2.39. The van der Waals surface area contributed by atoms with Crippen molar-refractivity contribution < 1.29 is 29.9 Å². The van der Waals surface area contributed by atoms with Crippen LogP contribution >= 0.6 is 11.6 Å².